The molecule has 0 unspecified atom stereocenters. The van der Waals surface area contributed by atoms with Gasteiger partial charge in [-0.05, 0) is 25.7 Å². The van der Waals surface area contributed by atoms with Crippen molar-refractivity contribution in [1.29, 1.82) is 0 Å². The van der Waals surface area contributed by atoms with Gasteiger partial charge in [-0.2, -0.15) is 0 Å². The van der Waals surface area contributed by atoms with Gasteiger partial charge in [-0.1, -0.05) is 13.8 Å². The molecule has 0 aliphatic heterocycles. The van der Waals surface area contributed by atoms with Gasteiger partial charge in [0, 0.05) is 35.5 Å². The molecule has 0 radical (unpaired) electrons. The number of fused-ring (bicyclic) bond motifs is 1. The van der Waals surface area contributed by atoms with E-state index in [0.29, 0.717) is 28.6 Å². The van der Waals surface area contributed by atoms with E-state index in [0.717, 1.165) is 31.4 Å². The van der Waals surface area contributed by atoms with Crippen LogP contribution in [-0.2, 0) is 10.5 Å². The molecule has 0 saturated heterocycles. The predicted octanol–water partition coefficient (Wildman–Crippen LogP) is 3.17. The molecule has 1 aliphatic carbocycles. The molecule has 3 rings (SSSR count). The summed E-state index contributed by atoms with van der Waals surface area (Å²) in [5.41, 5.74) is 0.695. The Morgan fingerprint density at radius 2 is 2.21 bits per heavy atom. The highest BCUT2D eigenvalue weighted by Gasteiger charge is 2.35. The zero-order valence-corrected chi connectivity index (χ0v) is 15.7. The van der Waals surface area contributed by atoms with E-state index >= 15 is 0 Å². The molecule has 1 fully saturated rings. The molecule has 0 atom stereocenters. The van der Waals surface area contributed by atoms with Crippen molar-refractivity contribution in [2.45, 2.75) is 57.4 Å². The van der Waals surface area contributed by atoms with Crippen LogP contribution >= 0.6 is 23.1 Å². The summed E-state index contributed by atoms with van der Waals surface area (Å²) in [6.07, 6.45) is 6.03. The second kappa shape index (κ2) is 7.70. The van der Waals surface area contributed by atoms with Crippen LogP contribution in [0.4, 0.5) is 0 Å². The van der Waals surface area contributed by atoms with Crippen LogP contribution in [0.2, 0.25) is 0 Å². The second-order valence-corrected chi connectivity index (χ2v) is 8.00. The summed E-state index contributed by atoms with van der Waals surface area (Å²) >= 11 is 3.00. The number of aromatic nitrogens is 2. The maximum atomic E-state index is 12.6. The quantitative estimate of drug-likeness (QED) is 0.721. The van der Waals surface area contributed by atoms with Gasteiger partial charge >= 0.3 is 0 Å². The largest absolute Gasteiger partial charge is 0.336 e. The third-order valence-electron chi connectivity index (χ3n) is 4.40. The molecule has 2 heterocycles. The molecule has 0 spiro atoms. The molecule has 24 heavy (non-hydrogen) atoms. The van der Waals surface area contributed by atoms with E-state index < -0.39 is 0 Å². The molecule has 0 bridgehead atoms. The average Bonchev–Trinajstić information content (AvgIpc) is 3.28. The van der Waals surface area contributed by atoms with Crippen molar-refractivity contribution in [1.82, 2.24) is 14.3 Å². The Bertz CT molecular complexity index is 763. The zero-order valence-electron chi connectivity index (χ0n) is 14.1. The number of hydrogen-bond donors (Lipinski definition) is 0. The number of carbonyl (C=O) groups is 1. The lowest BCUT2D eigenvalue weighted by molar-refractivity contribution is -0.131. The summed E-state index contributed by atoms with van der Waals surface area (Å²) in [7, 11) is 0. The minimum atomic E-state index is -0.0557. The highest BCUT2D eigenvalue weighted by atomic mass is 32.2. The number of rotatable bonds is 8. The highest BCUT2D eigenvalue weighted by molar-refractivity contribution is 7.99. The molecular formula is C17H23N3O2S2. The Balaban J connectivity index is 1.60. The van der Waals surface area contributed by atoms with Crippen LogP contribution in [0.1, 0.15) is 45.2 Å². The summed E-state index contributed by atoms with van der Waals surface area (Å²) in [5.74, 6) is 1.28. The van der Waals surface area contributed by atoms with E-state index in [1.807, 2.05) is 5.38 Å². The van der Waals surface area contributed by atoms with Gasteiger partial charge in [0.2, 0.25) is 5.91 Å². The predicted molar refractivity (Wildman–Crippen MR) is 99.7 cm³/mol. The minimum Gasteiger partial charge on any atom is -0.336 e. The van der Waals surface area contributed by atoms with E-state index in [9.17, 15) is 9.59 Å². The standard InChI is InChI=1S/C17H23N3O2S2/c1-3-13(4-2)20(14-5-6-14)16(22)11-23-10-12-9-15(21)19-7-8-24-17(19)18-12/h7-9,13-14H,3-6,10-11H2,1-2H3. The number of amides is 1. The monoisotopic (exact) mass is 365 g/mol. The van der Waals surface area contributed by atoms with Crippen molar-refractivity contribution < 1.29 is 4.79 Å². The van der Waals surface area contributed by atoms with Gasteiger partial charge in [0.15, 0.2) is 4.96 Å². The number of carbonyl (C=O) groups excluding carboxylic acids is 1. The van der Waals surface area contributed by atoms with Crippen LogP contribution < -0.4 is 5.56 Å². The van der Waals surface area contributed by atoms with Crippen molar-refractivity contribution in [2.75, 3.05) is 5.75 Å². The van der Waals surface area contributed by atoms with Gasteiger partial charge in [-0.25, -0.2) is 4.98 Å². The molecule has 1 amide bonds. The Labute approximate surface area is 150 Å². The van der Waals surface area contributed by atoms with Crippen molar-refractivity contribution in [3.05, 3.63) is 33.7 Å². The van der Waals surface area contributed by atoms with Crippen molar-refractivity contribution in [3.8, 4) is 0 Å². The SMILES string of the molecule is CCC(CC)N(C(=O)CSCc1cc(=O)n2ccsc2n1)C1CC1. The van der Waals surface area contributed by atoms with Gasteiger partial charge in [0.25, 0.3) is 5.56 Å². The summed E-state index contributed by atoms with van der Waals surface area (Å²) in [5, 5.41) is 1.85. The maximum Gasteiger partial charge on any atom is 0.258 e. The molecular weight excluding hydrogens is 342 g/mol. The first-order chi connectivity index (χ1) is 11.6. The molecule has 0 aromatic carbocycles. The number of nitrogens with zero attached hydrogens (tertiary/aromatic N) is 3. The van der Waals surface area contributed by atoms with E-state index in [2.05, 4.69) is 23.7 Å². The van der Waals surface area contributed by atoms with Crippen molar-refractivity contribution in [3.63, 3.8) is 0 Å². The Morgan fingerprint density at radius 1 is 1.46 bits per heavy atom. The van der Waals surface area contributed by atoms with E-state index in [4.69, 9.17) is 0 Å². The number of thioether (sulfide) groups is 1. The highest BCUT2D eigenvalue weighted by Crippen LogP contribution is 2.31. The first kappa shape index (κ1) is 17.5. The first-order valence-corrected chi connectivity index (χ1v) is 10.5. The van der Waals surface area contributed by atoms with Crippen LogP contribution in [0.15, 0.2) is 22.4 Å². The summed E-state index contributed by atoms with van der Waals surface area (Å²) < 4.78 is 1.55. The zero-order chi connectivity index (χ0) is 17.1. The van der Waals surface area contributed by atoms with Gasteiger partial charge in [0.05, 0.1) is 11.4 Å². The van der Waals surface area contributed by atoms with Crippen molar-refractivity contribution in [2.24, 2.45) is 0 Å². The normalized spacial score (nSPS) is 14.5. The summed E-state index contributed by atoms with van der Waals surface area (Å²) in [6.45, 7) is 4.30. The molecule has 2 aromatic rings. The third-order valence-corrected chi connectivity index (χ3v) is 6.10. The van der Waals surface area contributed by atoms with Crippen LogP contribution in [0.25, 0.3) is 4.96 Å². The molecule has 5 nitrogen and oxygen atoms in total. The maximum absolute atomic E-state index is 12.6. The van der Waals surface area contributed by atoms with Crippen LogP contribution in [-0.4, -0.2) is 38.0 Å². The second-order valence-electron chi connectivity index (χ2n) is 6.14. The topological polar surface area (TPSA) is 54.7 Å². The van der Waals surface area contributed by atoms with E-state index in [1.54, 1.807) is 28.4 Å². The summed E-state index contributed by atoms with van der Waals surface area (Å²) in [6, 6.07) is 2.38. The molecule has 1 saturated carbocycles. The van der Waals surface area contributed by atoms with E-state index in [-0.39, 0.29) is 11.5 Å². The van der Waals surface area contributed by atoms with Gasteiger partial charge in [-0.15, -0.1) is 23.1 Å². The Kier molecular flexibility index (Phi) is 5.61. The fourth-order valence-electron chi connectivity index (χ4n) is 3.02. The fraction of sp³-hybridized carbons (Fsp3) is 0.588. The van der Waals surface area contributed by atoms with Crippen LogP contribution in [0.3, 0.4) is 0 Å². The van der Waals surface area contributed by atoms with Crippen LogP contribution in [0.5, 0.6) is 0 Å². The fourth-order valence-corrected chi connectivity index (χ4v) is 4.54. The molecule has 1 aliphatic rings. The molecule has 2 aromatic heterocycles. The number of hydrogen-bond acceptors (Lipinski definition) is 5. The Morgan fingerprint density at radius 3 is 2.88 bits per heavy atom. The third kappa shape index (κ3) is 3.83. The smallest absolute Gasteiger partial charge is 0.258 e. The lowest BCUT2D eigenvalue weighted by Crippen LogP contribution is -2.42. The van der Waals surface area contributed by atoms with Gasteiger partial charge in [-0.3, -0.25) is 14.0 Å². The molecule has 130 valence electrons. The minimum absolute atomic E-state index is 0.0557. The van der Waals surface area contributed by atoms with E-state index in [1.165, 1.54) is 11.3 Å². The van der Waals surface area contributed by atoms with Gasteiger partial charge < -0.3 is 4.90 Å². The lowest BCUT2D eigenvalue weighted by Gasteiger charge is -2.30. The molecule has 0 N–H and O–H groups in total. The van der Waals surface area contributed by atoms with Gasteiger partial charge in [0.1, 0.15) is 0 Å². The van der Waals surface area contributed by atoms with Crippen LogP contribution in [0, 0.1) is 0 Å². The lowest BCUT2D eigenvalue weighted by atomic mass is 10.1. The molecule has 7 heteroatoms. The van der Waals surface area contributed by atoms with Crippen molar-refractivity contribution >= 4 is 34.0 Å². The number of thiazole rings is 1. The Hall–Kier alpha value is -1.34. The summed E-state index contributed by atoms with van der Waals surface area (Å²) in [4.78, 5) is 31.9. The average molecular weight is 366 g/mol. The first-order valence-electron chi connectivity index (χ1n) is 8.48.